The summed E-state index contributed by atoms with van der Waals surface area (Å²) in [6.07, 6.45) is 1.53. The Kier molecular flexibility index (Phi) is 4.54. The van der Waals surface area contributed by atoms with Gasteiger partial charge < -0.3 is 10.0 Å². The third kappa shape index (κ3) is 3.52. The number of nitrogens with one attached hydrogen (secondary N) is 1. The Morgan fingerprint density at radius 3 is 2.20 bits per heavy atom. The van der Waals surface area contributed by atoms with E-state index >= 15 is 0 Å². The van der Waals surface area contributed by atoms with Gasteiger partial charge in [0.15, 0.2) is 0 Å². The number of carbonyl (C=O) groups is 2. The van der Waals surface area contributed by atoms with Gasteiger partial charge in [-0.1, -0.05) is 0 Å². The van der Waals surface area contributed by atoms with Gasteiger partial charge in [0.05, 0.1) is 4.90 Å². The first kappa shape index (κ1) is 17.8. The van der Waals surface area contributed by atoms with Crippen LogP contribution in [0, 0.1) is 11.2 Å². The predicted molar refractivity (Wildman–Crippen MR) is 85.6 cm³/mol. The molecular weight excluding hydrogens is 351 g/mol. The highest BCUT2D eigenvalue weighted by Gasteiger charge is 2.58. The van der Waals surface area contributed by atoms with Gasteiger partial charge in [-0.15, -0.1) is 0 Å². The Morgan fingerprint density at radius 2 is 1.72 bits per heavy atom. The standard InChI is InChI=1S/C16H19FN2O5S/c17-11-1-3-13(4-2-11)25(23,24)18-12-5-9-19(10-6-12)14(20)16(7-8-16)15(21)22/h1-4,12,18H,5-10H2,(H,21,22). The lowest BCUT2D eigenvalue weighted by atomic mass is 10.0. The molecule has 2 fully saturated rings. The van der Waals surface area contributed by atoms with Crippen molar-refractivity contribution in [3.8, 4) is 0 Å². The lowest BCUT2D eigenvalue weighted by Crippen LogP contribution is -2.49. The highest BCUT2D eigenvalue weighted by Crippen LogP contribution is 2.47. The molecule has 1 heterocycles. The molecule has 2 aliphatic rings. The van der Waals surface area contributed by atoms with Crippen LogP contribution in [-0.2, 0) is 19.6 Å². The van der Waals surface area contributed by atoms with Gasteiger partial charge >= 0.3 is 5.97 Å². The molecule has 1 amide bonds. The molecule has 7 nitrogen and oxygen atoms in total. The fourth-order valence-corrected chi connectivity index (χ4v) is 4.35. The number of benzene rings is 1. The van der Waals surface area contributed by atoms with E-state index in [1.54, 1.807) is 0 Å². The van der Waals surface area contributed by atoms with Crippen LogP contribution in [0.25, 0.3) is 0 Å². The van der Waals surface area contributed by atoms with E-state index < -0.39 is 27.2 Å². The normalized spacial score (nSPS) is 20.3. The summed E-state index contributed by atoms with van der Waals surface area (Å²) >= 11 is 0. The first-order valence-electron chi connectivity index (χ1n) is 8.05. The van der Waals surface area contributed by atoms with Gasteiger partial charge in [-0.2, -0.15) is 0 Å². The Morgan fingerprint density at radius 1 is 1.16 bits per heavy atom. The van der Waals surface area contributed by atoms with E-state index in [9.17, 15) is 27.5 Å². The van der Waals surface area contributed by atoms with Crippen LogP contribution in [0.3, 0.4) is 0 Å². The van der Waals surface area contributed by atoms with E-state index in [2.05, 4.69) is 4.72 Å². The number of carboxylic acids is 1. The summed E-state index contributed by atoms with van der Waals surface area (Å²) in [6, 6.07) is 4.20. The molecule has 1 aromatic carbocycles. The quantitative estimate of drug-likeness (QED) is 0.752. The van der Waals surface area contributed by atoms with Crippen molar-refractivity contribution < 1.29 is 27.5 Å². The molecule has 0 spiro atoms. The number of hydrogen-bond donors (Lipinski definition) is 2. The number of hydrogen-bond acceptors (Lipinski definition) is 4. The molecule has 1 aliphatic heterocycles. The lowest BCUT2D eigenvalue weighted by molar-refractivity contribution is -0.153. The number of carbonyl (C=O) groups excluding carboxylic acids is 1. The first-order valence-corrected chi connectivity index (χ1v) is 9.54. The van der Waals surface area contributed by atoms with Gasteiger partial charge in [0.1, 0.15) is 11.2 Å². The van der Waals surface area contributed by atoms with E-state index in [0.717, 1.165) is 12.1 Å². The second-order valence-corrected chi connectivity index (χ2v) is 8.24. The van der Waals surface area contributed by atoms with Crippen LogP contribution in [0.5, 0.6) is 0 Å². The Bertz CT molecular complexity index is 781. The zero-order valence-electron chi connectivity index (χ0n) is 13.4. The third-order valence-electron chi connectivity index (χ3n) is 4.80. The summed E-state index contributed by atoms with van der Waals surface area (Å²) in [6.45, 7) is 0.620. The molecule has 1 aromatic rings. The van der Waals surface area contributed by atoms with Crippen LogP contribution in [0.2, 0.25) is 0 Å². The SMILES string of the molecule is O=C(O)C1(C(=O)N2CCC(NS(=O)(=O)c3ccc(F)cc3)CC2)CC1. The Labute approximate surface area is 144 Å². The van der Waals surface area contributed by atoms with Gasteiger partial charge in [-0.05, 0) is 49.9 Å². The third-order valence-corrected chi connectivity index (χ3v) is 6.33. The van der Waals surface area contributed by atoms with E-state index in [4.69, 9.17) is 0 Å². The average Bonchev–Trinajstić information content (AvgIpc) is 3.37. The molecule has 0 aromatic heterocycles. The van der Waals surface area contributed by atoms with Crippen molar-refractivity contribution in [1.29, 1.82) is 0 Å². The van der Waals surface area contributed by atoms with Gasteiger partial charge in [0, 0.05) is 19.1 Å². The van der Waals surface area contributed by atoms with Crippen LogP contribution in [0.4, 0.5) is 4.39 Å². The maximum Gasteiger partial charge on any atom is 0.319 e. The van der Waals surface area contributed by atoms with Gasteiger partial charge in [-0.3, -0.25) is 9.59 Å². The number of amides is 1. The topological polar surface area (TPSA) is 104 Å². The number of likely N-dealkylation sites (tertiary alicyclic amines) is 1. The van der Waals surface area contributed by atoms with Gasteiger partial charge in [0.2, 0.25) is 15.9 Å². The number of rotatable bonds is 5. The monoisotopic (exact) mass is 370 g/mol. The van der Waals surface area contributed by atoms with Crippen LogP contribution < -0.4 is 4.72 Å². The predicted octanol–water partition coefficient (Wildman–Crippen LogP) is 0.960. The largest absolute Gasteiger partial charge is 0.480 e. The first-order chi connectivity index (χ1) is 11.7. The van der Waals surface area contributed by atoms with E-state index in [0.29, 0.717) is 38.8 Å². The van der Waals surface area contributed by atoms with Crippen LogP contribution >= 0.6 is 0 Å². The maximum absolute atomic E-state index is 12.9. The van der Waals surface area contributed by atoms with Crippen molar-refractivity contribution in [2.45, 2.75) is 36.6 Å². The van der Waals surface area contributed by atoms with Gasteiger partial charge in [-0.25, -0.2) is 17.5 Å². The second-order valence-electron chi connectivity index (χ2n) is 6.53. The Hall–Kier alpha value is -2.00. The summed E-state index contributed by atoms with van der Waals surface area (Å²) in [5.74, 6) is -1.98. The molecule has 0 atom stereocenters. The van der Waals surface area contributed by atoms with Crippen molar-refractivity contribution in [1.82, 2.24) is 9.62 Å². The minimum atomic E-state index is -3.76. The number of nitrogens with zero attached hydrogens (tertiary/aromatic N) is 1. The lowest BCUT2D eigenvalue weighted by Gasteiger charge is -2.33. The zero-order chi connectivity index (χ0) is 18.2. The molecule has 0 radical (unpaired) electrons. The maximum atomic E-state index is 12.9. The molecule has 25 heavy (non-hydrogen) atoms. The molecule has 0 unspecified atom stereocenters. The van der Waals surface area contributed by atoms with Crippen molar-refractivity contribution in [2.24, 2.45) is 5.41 Å². The van der Waals surface area contributed by atoms with Crippen molar-refractivity contribution in [3.05, 3.63) is 30.1 Å². The average molecular weight is 370 g/mol. The minimum Gasteiger partial charge on any atom is -0.480 e. The molecule has 3 rings (SSSR count). The smallest absolute Gasteiger partial charge is 0.319 e. The number of sulfonamides is 1. The van der Waals surface area contributed by atoms with Crippen LogP contribution in [0.1, 0.15) is 25.7 Å². The molecule has 1 saturated carbocycles. The number of halogens is 1. The highest BCUT2D eigenvalue weighted by molar-refractivity contribution is 7.89. The molecule has 1 saturated heterocycles. The fourth-order valence-electron chi connectivity index (χ4n) is 3.05. The summed E-state index contributed by atoms with van der Waals surface area (Å²) in [7, 11) is -3.76. The molecule has 136 valence electrons. The number of piperidine rings is 1. The zero-order valence-corrected chi connectivity index (χ0v) is 14.3. The fraction of sp³-hybridized carbons (Fsp3) is 0.500. The van der Waals surface area contributed by atoms with Crippen LogP contribution in [0.15, 0.2) is 29.2 Å². The molecule has 9 heteroatoms. The Balaban J connectivity index is 1.58. The number of aliphatic carboxylic acids is 1. The summed E-state index contributed by atoms with van der Waals surface area (Å²) in [4.78, 5) is 25.1. The number of carboxylic acid groups (broad SMARTS) is 1. The van der Waals surface area contributed by atoms with Gasteiger partial charge in [0.25, 0.3) is 0 Å². The summed E-state index contributed by atoms with van der Waals surface area (Å²) < 4.78 is 40.1. The van der Waals surface area contributed by atoms with Crippen molar-refractivity contribution in [2.75, 3.05) is 13.1 Å². The molecular formula is C16H19FN2O5S. The molecule has 1 aliphatic carbocycles. The van der Waals surface area contributed by atoms with Crippen LogP contribution in [-0.4, -0.2) is 49.4 Å². The van der Waals surface area contributed by atoms with E-state index in [1.807, 2.05) is 0 Å². The van der Waals surface area contributed by atoms with Crippen molar-refractivity contribution >= 4 is 21.9 Å². The highest BCUT2D eigenvalue weighted by atomic mass is 32.2. The molecule has 2 N–H and O–H groups in total. The molecule has 0 bridgehead atoms. The summed E-state index contributed by atoms with van der Waals surface area (Å²) in [5, 5.41) is 9.19. The second kappa shape index (κ2) is 6.38. The van der Waals surface area contributed by atoms with E-state index in [-0.39, 0.29) is 16.8 Å². The summed E-state index contributed by atoms with van der Waals surface area (Å²) in [5.41, 5.74) is -1.26. The minimum absolute atomic E-state index is 0.0183. The van der Waals surface area contributed by atoms with Crippen molar-refractivity contribution in [3.63, 3.8) is 0 Å². The van der Waals surface area contributed by atoms with E-state index in [1.165, 1.54) is 17.0 Å².